The zero-order chi connectivity index (χ0) is 20.7. The molecule has 1 aromatic heterocycles. The zero-order valence-electron chi connectivity index (χ0n) is 15.3. The molecule has 0 radical (unpaired) electrons. The molecular formula is C21H15BrO6. The molecule has 142 valence electrons. The van der Waals surface area contributed by atoms with Gasteiger partial charge in [-0.1, -0.05) is 29.8 Å². The van der Waals surface area contributed by atoms with Crippen LogP contribution in [0.4, 0.5) is 0 Å². The molecule has 0 bridgehead atoms. The highest BCUT2D eigenvalue weighted by Crippen LogP contribution is 2.40. The molecule has 0 aliphatic heterocycles. The van der Waals surface area contributed by atoms with Gasteiger partial charge in [0.2, 0.25) is 11.6 Å². The molecule has 0 amide bonds. The van der Waals surface area contributed by atoms with Crippen molar-refractivity contribution in [2.45, 2.75) is 20.8 Å². The number of Topliss-reactive ketones (excluding diaryl/α,β-unsaturated/α-hetero) is 4. The highest BCUT2D eigenvalue weighted by atomic mass is 79.9. The lowest BCUT2D eigenvalue weighted by molar-refractivity contribution is -0.127. The summed E-state index contributed by atoms with van der Waals surface area (Å²) in [5.41, 5.74) is 0.945. The molecule has 0 unspecified atom stereocenters. The number of carbonyl (C=O) groups excluding carboxylic acids is 5. The number of hydrogen-bond donors (Lipinski definition) is 0. The van der Waals surface area contributed by atoms with Gasteiger partial charge in [0.15, 0.2) is 5.78 Å². The second-order valence-electron chi connectivity index (χ2n) is 6.59. The van der Waals surface area contributed by atoms with Crippen molar-refractivity contribution in [3.05, 3.63) is 63.0 Å². The monoisotopic (exact) mass is 442 g/mol. The third kappa shape index (κ3) is 3.11. The molecule has 0 saturated heterocycles. The molecule has 6 nitrogen and oxygen atoms in total. The van der Waals surface area contributed by atoms with Gasteiger partial charge < -0.3 is 4.42 Å². The highest BCUT2D eigenvalue weighted by Gasteiger charge is 2.42. The summed E-state index contributed by atoms with van der Waals surface area (Å²) in [5, 5.41) is 0. The summed E-state index contributed by atoms with van der Waals surface area (Å²) in [5.74, 6) is -4.76. The summed E-state index contributed by atoms with van der Waals surface area (Å²) in [6.45, 7) is 4.29. The quantitative estimate of drug-likeness (QED) is 0.399. The fraction of sp³-hybridized carbons (Fsp3) is 0.190. The number of halogens is 1. The second-order valence-corrected chi connectivity index (χ2v) is 7.38. The van der Waals surface area contributed by atoms with E-state index in [1.165, 1.54) is 13.8 Å². The van der Waals surface area contributed by atoms with Gasteiger partial charge in [0.05, 0.1) is 15.6 Å². The van der Waals surface area contributed by atoms with Crippen LogP contribution in [0.25, 0.3) is 5.57 Å². The van der Waals surface area contributed by atoms with Gasteiger partial charge in [0.1, 0.15) is 29.5 Å². The summed E-state index contributed by atoms with van der Waals surface area (Å²) >= 11 is 3.03. The van der Waals surface area contributed by atoms with Gasteiger partial charge in [-0.25, -0.2) is 0 Å². The zero-order valence-corrected chi connectivity index (χ0v) is 16.9. The van der Waals surface area contributed by atoms with E-state index in [2.05, 4.69) is 15.9 Å². The normalized spacial score (nSPS) is 13.8. The first kappa shape index (κ1) is 19.8. The third-order valence-corrected chi connectivity index (χ3v) is 5.35. The summed E-state index contributed by atoms with van der Waals surface area (Å²) in [4.78, 5) is 62.0. The van der Waals surface area contributed by atoms with Crippen LogP contribution in [0.2, 0.25) is 0 Å². The van der Waals surface area contributed by atoms with Crippen molar-refractivity contribution in [1.82, 2.24) is 0 Å². The first-order valence-corrected chi connectivity index (χ1v) is 9.17. The van der Waals surface area contributed by atoms with E-state index < -0.39 is 34.8 Å². The van der Waals surface area contributed by atoms with Crippen molar-refractivity contribution in [3.63, 3.8) is 0 Å². The van der Waals surface area contributed by atoms with Crippen molar-refractivity contribution >= 4 is 50.4 Å². The Morgan fingerprint density at radius 2 is 1.54 bits per heavy atom. The maximum atomic E-state index is 12.9. The Bertz CT molecular complexity index is 1070. The molecule has 28 heavy (non-hydrogen) atoms. The largest absolute Gasteiger partial charge is 0.463 e. The molecule has 1 heterocycles. The molecule has 1 aliphatic carbocycles. The van der Waals surface area contributed by atoms with Crippen LogP contribution in [0.3, 0.4) is 0 Å². The topological polar surface area (TPSA) is 98.5 Å². The Hall–Kier alpha value is -2.93. The molecule has 0 saturated carbocycles. The lowest BCUT2D eigenvalue weighted by atomic mass is 9.82. The molecule has 0 N–H and O–H groups in total. The number of fused-ring (bicyclic) bond motifs is 1. The van der Waals surface area contributed by atoms with Crippen molar-refractivity contribution in [2.24, 2.45) is 5.92 Å². The maximum Gasteiger partial charge on any atom is 0.241 e. The van der Waals surface area contributed by atoms with E-state index in [-0.39, 0.29) is 26.9 Å². The SMILES string of the molecule is CC(=O)C(C(C)=O)C1=C(Br)C(=O)C(=O)c2c(C(=O)c3ccc(C)cc3)coc21. The number of aryl methyl sites for hydroxylation is 1. The Labute approximate surface area is 168 Å². The Morgan fingerprint density at radius 1 is 0.964 bits per heavy atom. The summed E-state index contributed by atoms with van der Waals surface area (Å²) in [6.07, 6.45) is 1.08. The van der Waals surface area contributed by atoms with Crippen LogP contribution >= 0.6 is 15.9 Å². The standard InChI is InChI=1S/C21H15BrO6/c1-9-4-6-12(7-5-9)18(25)13-8-28-21-15(13)19(26)20(27)17(22)16(21)14(10(2)23)11(3)24/h4-8,14H,1-3H3. The minimum absolute atomic E-state index is 0.0254. The van der Waals surface area contributed by atoms with Gasteiger partial charge in [0.25, 0.3) is 0 Å². The third-order valence-electron chi connectivity index (χ3n) is 4.56. The predicted octanol–water partition coefficient (Wildman–Crippen LogP) is 3.48. The number of ketones is 5. The lowest BCUT2D eigenvalue weighted by Crippen LogP contribution is -2.29. The van der Waals surface area contributed by atoms with E-state index in [4.69, 9.17) is 4.42 Å². The van der Waals surface area contributed by atoms with Crippen LogP contribution in [0, 0.1) is 12.8 Å². The molecule has 2 aromatic rings. The summed E-state index contributed by atoms with van der Waals surface area (Å²) in [6, 6.07) is 6.70. The number of carbonyl (C=O) groups is 5. The summed E-state index contributed by atoms with van der Waals surface area (Å²) in [7, 11) is 0. The van der Waals surface area contributed by atoms with Gasteiger partial charge in [-0.3, -0.25) is 24.0 Å². The number of rotatable bonds is 5. The minimum atomic E-state index is -1.28. The molecule has 1 aliphatic rings. The first-order chi connectivity index (χ1) is 13.1. The second kappa shape index (κ2) is 7.24. The average molecular weight is 443 g/mol. The van der Waals surface area contributed by atoms with Crippen LogP contribution in [0.1, 0.15) is 51.5 Å². The van der Waals surface area contributed by atoms with Crippen molar-refractivity contribution in [1.29, 1.82) is 0 Å². The van der Waals surface area contributed by atoms with Crippen molar-refractivity contribution in [3.8, 4) is 0 Å². The first-order valence-electron chi connectivity index (χ1n) is 8.38. The van der Waals surface area contributed by atoms with E-state index in [1.807, 2.05) is 6.92 Å². The Balaban J connectivity index is 2.22. The molecule has 0 fully saturated rings. The van der Waals surface area contributed by atoms with Crippen molar-refractivity contribution in [2.75, 3.05) is 0 Å². The number of hydrogen-bond acceptors (Lipinski definition) is 6. The average Bonchev–Trinajstić information content (AvgIpc) is 3.07. The van der Waals surface area contributed by atoms with Crippen LogP contribution < -0.4 is 0 Å². The highest BCUT2D eigenvalue weighted by molar-refractivity contribution is 9.12. The van der Waals surface area contributed by atoms with E-state index in [0.717, 1.165) is 11.8 Å². The van der Waals surface area contributed by atoms with Gasteiger partial charge in [-0.15, -0.1) is 0 Å². The molecular weight excluding hydrogens is 428 g/mol. The van der Waals surface area contributed by atoms with E-state index in [9.17, 15) is 24.0 Å². The fourth-order valence-electron chi connectivity index (χ4n) is 3.19. The molecule has 1 aromatic carbocycles. The van der Waals surface area contributed by atoms with Crippen LogP contribution in [-0.2, 0) is 14.4 Å². The number of allylic oxidation sites excluding steroid dienone is 2. The van der Waals surface area contributed by atoms with Crippen LogP contribution in [0.15, 0.2) is 39.4 Å². The molecule has 0 atom stereocenters. The minimum Gasteiger partial charge on any atom is -0.463 e. The Morgan fingerprint density at radius 3 is 2.07 bits per heavy atom. The molecule has 3 rings (SSSR count). The summed E-state index contributed by atoms with van der Waals surface area (Å²) < 4.78 is 5.25. The molecule has 7 heteroatoms. The van der Waals surface area contributed by atoms with Crippen molar-refractivity contribution < 1.29 is 28.4 Å². The van der Waals surface area contributed by atoms with E-state index >= 15 is 0 Å². The number of benzene rings is 1. The van der Waals surface area contributed by atoms with Gasteiger partial charge >= 0.3 is 0 Å². The van der Waals surface area contributed by atoms with Crippen LogP contribution in [-0.4, -0.2) is 28.9 Å². The fourth-order valence-corrected chi connectivity index (χ4v) is 3.78. The van der Waals surface area contributed by atoms with Gasteiger partial charge in [-0.2, -0.15) is 0 Å². The van der Waals surface area contributed by atoms with Gasteiger partial charge in [0, 0.05) is 11.1 Å². The smallest absolute Gasteiger partial charge is 0.241 e. The van der Waals surface area contributed by atoms with E-state index in [1.54, 1.807) is 24.3 Å². The van der Waals surface area contributed by atoms with Crippen LogP contribution in [0.5, 0.6) is 0 Å². The predicted molar refractivity (Wildman–Crippen MR) is 103 cm³/mol. The molecule has 0 spiro atoms. The van der Waals surface area contributed by atoms with Gasteiger partial charge in [-0.05, 0) is 36.7 Å². The van der Waals surface area contributed by atoms with E-state index in [0.29, 0.717) is 5.56 Å². The maximum absolute atomic E-state index is 12.9. The number of furan rings is 1. The lowest BCUT2D eigenvalue weighted by Gasteiger charge is -2.20. The Kier molecular flexibility index (Phi) is 5.12.